The molecule has 3 heterocycles. The van der Waals surface area contributed by atoms with E-state index < -0.39 is 34.5 Å². The van der Waals surface area contributed by atoms with Crippen LogP contribution in [0.2, 0.25) is 0 Å². The second-order valence-corrected chi connectivity index (χ2v) is 10.1. The molecule has 13 heteroatoms. The minimum Gasteiger partial charge on any atom is -0.482 e. The molecule has 0 atom stereocenters. The van der Waals surface area contributed by atoms with Gasteiger partial charge in [0.1, 0.15) is 21.3 Å². The summed E-state index contributed by atoms with van der Waals surface area (Å²) in [5.41, 5.74) is 0.237. The van der Waals surface area contributed by atoms with E-state index in [0.717, 1.165) is 17.4 Å². The monoisotopic (exact) mass is 487 g/mol. The zero-order chi connectivity index (χ0) is 23.3. The Labute approximate surface area is 184 Å². The molecular formula is C19H16F3N3O5S2. The molecule has 1 aromatic carbocycles. The first-order valence-electron chi connectivity index (χ1n) is 9.18. The number of carbonyl (C=O) groups is 1. The summed E-state index contributed by atoms with van der Waals surface area (Å²) < 4.78 is 72.5. The third-order valence-electron chi connectivity index (χ3n) is 4.81. The Morgan fingerprint density at radius 1 is 1.25 bits per heavy atom. The van der Waals surface area contributed by atoms with Crippen LogP contribution in [-0.4, -0.2) is 42.4 Å². The normalized spacial score (nSPS) is 13.9. The van der Waals surface area contributed by atoms with Gasteiger partial charge in [0.15, 0.2) is 6.61 Å². The highest BCUT2D eigenvalue weighted by Gasteiger charge is 2.36. The summed E-state index contributed by atoms with van der Waals surface area (Å²) in [7, 11) is -2.78. The minimum absolute atomic E-state index is 0.0224. The van der Waals surface area contributed by atoms with Crippen LogP contribution in [0.3, 0.4) is 0 Å². The number of hydrogen-bond donors (Lipinski definition) is 1. The van der Waals surface area contributed by atoms with Gasteiger partial charge < -0.3 is 9.84 Å². The van der Waals surface area contributed by atoms with Crippen molar-refractivity contribution in [1.29, 1.82) is 0 Å². The number of anilines is 1. The molecule has 1 N–H and O–H groups in total. The Bertz CT molecular complexity index is 1300. The van der Waals surface area contributed by atoms with Crippen LogP contribution >= 0.6 is 11.3 Å². The number of halogens is 3. The maximum atomic E-state index is 13.2. The lowest BCUT2D eigenvalue weighted by Crippen LogP contribution is -2.28. The summed E-state index contributed by atoms with van der Waals surface area (Å²) in [6, 6.07) is 8.29. The molecule has 0 spiro atoms. The lowest BCUT2D eigenvalue weighted by Gasteiger charge is -2.18. The molecule has 0 amide bonds. The number of ether oxygens (including phenoxy) is 1. The summed E-state index contributed by atoms with van der Waals surface area (Å²) in [5.74, 6) is -0.808. The molecule has 0 radical (unpaired) electrons. The average molecular weight is 487 g/mol. The molecule has 0 fully saturated rings. The van der Waals surface area contributed by atoms with Crippen molar-refractivity contribution < 1.29 is 36.2 Å². The molecule has 0 bridgehead atoms. The number of thiophene rings is 1. The Kier molecular flexibility index (Phi) is 5.41. The molecule has 2 aromatic heterocycles. The Morgan fingerprint density at radius 3 is 2.66 bits per heavy atom. The van der Waals surface area contributed by atoms with Gasteiger partial charge in [-0.15, -0.1) is 11.3 Å². The van der Waals surface area contributed by atoms with Crippen LogP contribution in [0.4, 0.5) is 18.9 Å². The number of benzene rings is 1. The number of hydrogen-bond acceptors (Lipinski definition) is 6. The number of carboxylic acids is 1. The smallest absolute Gasteiger partial charge is 0.433 e. The molecule has 3 aromatic rings. The lowest BCUT2D eigenvalue weighted by molar-refractivity contribution is -0.143. The number of sulfonamides is 1. The first-order valence-corrected chi connectivity index (χ1v) is 11.4. The number of rotatable bonds is 6. The summed E-state index contributed by atoms with van der Waals surface area (Å²) in [6.45, 7) is -0.336. The molecule has 0 saturated carbocycles. The van der Waals surface area contributed by atoms with E-state index >= 15 is 0 Å². The van der Waals surface area contributed by atoms with E-state index in [1.807, 2.05) is 0 Å². The van der Waals surface area contributed by atoms with Gasteiger partial charge >= 0.3 is 12.1 Å². The van der Waals surface area contributed by atoms with E-state index in [2.05, 4.69) is 5.10 Å². The molecule has 0 aliphatic carbocycles. The van der Waals surface area contributed by atoms with Crippen LogP contribution < -0.4 is 9.04 Å². The van der Waals surface area contributed by atoms with Crippen LogP contribution in [0.5, 0.6) is 5.75 Å². The fourth-order valence-corrected chi connectivity index (χ4v) is 6.27. The van der Waals surface area contributed by atoms with Crippen molar-refractivity contribution >= 4 is 33.0 Å². The summed E-state index contributed by atoms with van der Waals surface area (Å²) in [6.07, 6.45) is -4.16. The van der Waals surface area contributed by atoms with Gasteiger partial charge in [0, 0.05) is 13.6 Å². The van der Waals surface area contributed by atoms with Gasteiger partial charge in [-0.2, -0.15) is 18.3 Å². The zero-order valence-electron chi connectivity index (χ0n) is 16.5. The average Bonchev–Trinajstić information content (AvgIpc) is 3.43. The Hall–Kier alpha value is -3.06. The van der Waals surface area contributed by atoms with E-state index in [1.165, 1.54) is 29.6 Å². The van der Waals surface area contributed by atoms with Gasteiger partial charge in [-0.25, -0.2) is 13.2 Å². The van der Waals surface area contributed by atoms with Gasteiger partial charge in [0.25, 0.3) is 10.0 Å². The van der Waals surface area contributed by atoms with Gasteiger partial charge in [0.05, 0.1) is 10.6 Å². The van der Waals surface area contributed by atoms with Crippen molar-refractivity contribution in [3.8, 4) is 16.3 Å². The van der Waals surface area contributed by atoms with Crippen molar-refractivity contribution in [1.82, 2.24) is 9.78 Å². The number of nitrogens with zero attached hydrogens (tertiary/aromatic N) is 3. The highest BCUT2D eigenvalue weighted by atomic mass is 32.2. The van der Waals surface area contributed by atoms with E-state index in [0.29, 0.717) is 33.0 Å². The van der Waals surface area contributed by atoms with Crippen LogP contribution in [0.1, 0.15) is 11.3 Å². The standard InChI is InChI=1S/C19H16F3N3O5S2/c1-24-16(19(20,21)22)9-13(23-24)15-4-5-18(31-15)32(28,29)25-7-6-11-8-12(2-3-14(11)25)30-10-17(26)27/h2-5,8-9H,6-7,10H2,1H3,(H,26,27). The topological polar surface area (TPSA) is 102 Å². The molecule has 1 aliphatic heterocycles. The molecular weight excluding hydrogens is 471 g/mol. The predicted octanol–water partition coefficient (Wildman–Crippen LogP) is 3.38. The van der Waals surface area contributed by atoms with Crippen molar-refractivity contribution in [3.63, 3.8) is 0 Å². The molecule has 4 rings (SSSR count). The molecule has 32 heavy (non-hydrogen) atoms. The van der Waals surface area contributed by atoms with Crippen molar-refractivity contribution in [3.05, 3.63) is 47.7 Å². The maximum Gasteiger partial charge on any atom is 0.433 e. The molecule has 8 nitrogen and oxygen atoms in total. The van der Waals surface area contributed by atoms with Crippen molar-refractivity contribution in [2.75, 3.05) is 17.5 Å². The van der Waals surface area contributed by atoms with Crippen molar-refractivity contribution in [2.45, 2.75) is 16.8 Å². The Balaban J connectivity index is 1.60. The van der Waals surface area contributed by atoms with Gasteiger partial charge in [0.2, 0.25) is 0 Å². The number of aromatic nitrogens is 2. The first kappa shape index (κ1) is 22.1. The minimum atomic E-state index is -4.57. The quantitative estimate of drug-likeness (QED) is 0.572. The fraction of sp³-hybridized carbons (Fsp3) is 0.263. The molecule has 1 aliphatic rings. The summed E-state index contributed by atoms with van der Waals surface area (Å²) >= 11 is 0.839. The predicted molar refractivity (Wildman–Crippen MR) is 109 cm³/mol. The molecule has 170 valence electrons. The van der Waals surface area contributed by atoms with Crippen LogP contribution in [0, 0.1) is 0 Å². The first-order chi connectivity index (χ1) is 15.0. The maximum absolute atomic E-state index is 13.2. The van der Waals surface area contributed by atoms with Crippen molar-refractivity contribution in [2.24, 2.45) is 7.05 Å². The summed E-state index contributed by atoms with van der Waals surface area (Å²) in [4.78, 5) is 10.9. The van der Waals surface area contributed by atoms with E-state index in [4.69, 9.17) is 9.84 Å². The number of carboxylic acid groups (broad SMARTS) is 1. The Morgan fingerprint density at radius 2 is 2.00 bits per heavy atom. The van der Waals surface area contributed by atoms with E-state index in [1.54, 1.807) is 12.1 Å². The zero-order valence-corrected chi connectivity index (χ0v) is 18.1. The highest BCUT2D eigenvalue weighted by Crippen LogP contribution is 2.39. The number of aliphatic carboxylic acids is 1. The lowest BCUT2D eigenvalue weighted by atomic mass is 10.1. The second kappa shape index (κ2) is 7.81. The third kappa shape index (κ3) is 4.05. The second-order valence-electron chi connectivity index (χ2n) is 6.95. The fourth-order valence-electron chi connectivity index (χ4n) is 3.39. The van der Waals surface area contributed by atoms with Gasteiger partial charge in [-0.05, 0) is 48.4 Å². The van der Waals surface area contributed by atoms with E-state index in [9.17, 15) is 26.4 Å². The number of aryl methyl sites for hydroxylation is 1. The third-order valence-corrected chi connectivity index (χ3v) is 8.20. The van der Waals surface area contributed by atoms with Gasteiger partial charge in [-0.1, -0.05) is 0 Å². The SMILES string of the molecule is Cn1nc(-c2ccc(S(=O)(=O)N3CCc4cc(OCC(=O)O)ccc43)s2)cc1C(F)(F)F. The highest BCUT2D eigenvalue weighted by molar-refractivity contribution is 7.94. The van der Waals surface area contributed by atoms with Crippen LogP contribution in [-0.2, 0) is 34.5 Å². The number of alkyl halides is 3. The summed E-state index contributed by atoms with van der Waals surface area (Å²) in [5, 5.41) is 12.6. The van der Waals surface area contributed by atoms with Crippen LogP contribution in [0.25, 0.3) is 10.6 Å². The van der Waals surface area contributed by atoms with Crippen LogP contribution in [0.15, 0.2) is 40.6 Å². The van der Waals surface area contributed by atoms with Gasteiger partial charge in [-0.3, -0.25) is 8.99 Å². The largest absolute Gasteiger partial charge is 0.482 e. The number of fused-ring (bicyclic) bond motifs is 1. The van der Waals surface area contributed by atoms with E-state index in [-0.39, 0.29) is 16.4 Å². The molecule has 0 saturated heterocycles. The molecule has 0 unspecified atom stereocenters.